The van der Waals surface area contributed by atoms with Gasteiger partial charge in [0.05, 0.1) is 0 Å². The summed E-state index contributed by atoms with van der Waals surface area (Å²) in [5.41, 5.74) is 0. The number of rotatable bonds is 0. The lowest BCUT2D eigenvalue weighted by Gasteiger charge is -1.87. The van der Waals surface area contributed by atoms with E-state index in [1.165, 1.54) is 13.8 Å². The summed E-state index contributed by atoms with van der Waals surface area (Å²) < 4.78 is 3.97. The molecular formula is C6H10O3. The van der Waals surface area contributed by atoms with Crippen molar-refractivity contribution in [3.63, 3.8) is 0 Å². The van der Waals surface area contributed by atoms with Gasteiger partial charge in [-0.25, -0.2) is 0 Å². The Labute approximate surface area is 54.3 Å². The molecule has 0 fully saturated rings. The van der Waals surface area contributed by atoms with Crippen LogP contribution in [0.2, 0.25) is 0 Å². The lowest BCUT2D eigenvalue weighted by Crippen LogP contribution is -2.03. The minimum absolute atomic E-state index is 0.562. The zero-order chi connectivity index (χ0) is 7.86. The van der Waals surface area contributed by atoms with Gasteiger partial charge in [0, 0.05) is 13.8 Å². The normalized spacial score (nSPS) is 6.44. The molecule has 0 saturated carbocycles. The zero-order valence-corrected chi connectivity index (χ0v) is 5.64. The van der Waals surface area contributed by atoms with Gasteiger partial charge in [-0.15, -0.1) is 13.2 Å². The van der Waals surface area contributed by atoms with Crippen molar-refractivity contribution >= 4 is 11.9 Å². The summed E-state index contributed by atoms with van der Waals surface area (Å²) in [5, 5.41) is 0. The highest BCUT2D eigenvalue weighted by Crippen LogP contribution is 1.73. The van der Waals surface area contributed by atoms with Crippen LogP contribution < -0.4 is 0 Å². The lowest BCUT2D eigenvalue weighted by molar-refractivity contribution is -0.156. The van der Waals surface area contributed by atoms with E-state index in [0.717, 1.165) is 0 Å². The molecule has 0 aromatic heterocycles. The molecular weight excluding hydrogens is 120 g/mol. The van der Waals surface area contributed by atoms with Crippen LogP contribution >= 0.6 is 0 Å². The van der Waals surface area contributed by atoms with Crippen molar-refractivity contribution in [1.82, 2.24) is 0 Å². The SMILES string of the molecule is C=C.CC(=O)OC(C)=O. The van der Waals surface area contributed by atoms with Crippen molar-refractivity contribution in [3.05, 3.63) is 13.2 Å². The predicted octanol–water partition coefficient (Wildman–Crippen LogP) is 0.898. The topological polar surface area (TPSA) is 43.4 Å². The van der Waals surface area contributed by atoms with Crippen LogP contribution in [0.25, 0.3) is 0 Å². The number of carbonyl (C=O) groups is 2. The number of hydrogen-bond donors (Lipinski definition) is 0. The fourth-order valence-corrected chi connectivity index (χ4v) is 0.202. The van der Waals surface area contributed by atoms with Crippen LogP contribution in [-0.2, 0) is 14.3 Å². The van der Waals surface area contributed by atoms with Crippen molar-refractivity contribution in [2.75, 3.05) is 0 Å². The van der Waals surface area contributed by atoms with Gasteiger partial charge in [0.1, 0.15) is 0 Å². The fourth-order valence-electron chi connectivity index (χ4n) is 0.202. The molecule has 0 rings (SSSR count). The Kier molecular flexibility index (Phi) is 8.25. The molecule has 0 amide bonds. The molecule has 52 valence electrons. The van der Waals surface area contributed by atoms with E-state index in [1.807, 2.05) is 0 Å². The van der Waals surface area contributed by atoms with Crippen molar-refractivity contribution in [2.45, 2.75) is 13.8 Å². The monoisotopic (exact) mass is 130 g/mol. The first-order chi connectivity index (χ1) is 4.13. The van der Waals surface area contributed by atoms with E-state index in [0.29, 0.717) is 0 Å². The number of ether oxygens (including phenoxy) is 1. The standard InChI is InChI=1S/C4H6O3.C2H4/c1-3(5)7-4(2)6;1-2/h1-2H3;1-2H2. The maximum absolute atomic E-state index is 9.81. The van der Waals surface area contributed by atoms with Crippen molar-refractivity contribution < 1.29 is 14.3 Å². The van der Waals surface area contributed by atoms with Gasteiger partial charge in [-0.2, -0.15) is 0 Å². The van der Waals surface area contributed by atoms with Crippen LogP contribution in [0.4, 0.5) is 0 Å². The van der Waals surface area contributed by atoms with Crippen LogP contribution in [0.3, 0.4) is 0 Å². The van der Waals surface area contributed by atoms with Gasteiger partial charge in [0.15, 0.2) is 0 Å². The maximum Gasteiger partial charge on any atom is 0.310 e. The van der Waals surface area contributed by atoms with Gasteiger partial charge in [-0.3, -0.25) is 9.59 Å². The Hall–Kier alpha value is -1.12. The van der Waals surface area contributed by atoms with Gasteiger partial charge in [0.2, 0.25) is 0 Å². The molecule has 0 spiro atoms. The predicted molar refractivity (Wildman–Crippen MR) is 33.7 cm³/mol. The highest BCUT2D eigenvalue weighted by atomic mass is 16.6. The third kappa shape index (κ3) is 19.8. The number of hydrogen-bond acceptors (Lipinski definition) is 3. The molecule has 0 radical (unpaired) electrons. The molecule has 0 aromatic rings. The maximum atomic E-state index is 9.81. The molecule has 0 atom stereocenters. The third-order valence-electron chi connectivity index (χ3n) is 0.287. The summed E-state index contributed by atoms with van der Waals surface area (Å²) in [6.45, 7) is 8.36. The highest BCUT2D eigenvalue weighted by Gasteiger charge is 1.93. The molecule has 0 aliphatic carbocycles. The van der Waals surface area contributed by atoms with Gasteiger partial charge in [-0.05, 0) is 0 Å². The van der Waals surface area contributed by atoms with Crippen LogP contribution in [-0.4, -0.2) is 11.9 Å². The van der Waals surface area contributed by atoms with E-state index < -0.39 is 11.9 Å². The Morgan fingerprint density at radius 3 is 1.33 bits per heavy atom. The van der Waals surface area contributed by atoms with Crippen LogP contribution in [0.1, 0.15) is 13.8 Å². The van der Waals surface area contributed by atoms with Gasteiger partial charge in [-0.1, -0.05) is 0 Å². The Morgan fingerprint density at radius 1 is 1.11 bits per heavy atom. The van der Waals surface area contributed by atoms with E-state index >= 15 is 0 Å². The molecule has 0 aliphatic rings. The van der Waals surface area contributed by atoms with Crippen LogP contribution in [0.5, 0.6) is 0 Å². The summed E-state index contributed by atoms with van der Waals surface area (Å²) in [4.78, 5) is 19.6. The molecule has 9 heavy (non-hydrogen) atoms. The Morgan fingerprint density at radius 2 is 1.33 bits per heavy atom. The van der Waals surface area contributed by atoms with E-state index in [9.17, 15) is 9.59 Å². The molecule has 0 heterocycles. The smallest absolute Gasteiger partial charge is 0.310 e. The van der Waals surface area contributed by atoms with Gasteiger partial charge < -0.3 is 4.74 Å². The summed E-state index contributed by atoms with van der Waals surface area (Å²) >= 11 is 0. The van der Waals surface area contributed by atoms with Crippen LogP contribution in [0.15, 0.2) is 13.2 Å². The number of carbonyl (C=O) groups excluding carboxylic acids is 2. The molecule has 0 N–H and O–H groups in total. The van der Waals surface area contributed by atoms with Crippen molar-refractivity contribution in [3.8, 4) is 0 Å². The molecule has 0 aromatic carbocycles. The molecule has 0 bridgehead atoms. The molecule has 0 unspecified atom stereocenters. The lowest BCUT2D eigenvalue weighted by atomic mass is 10.7. The molecule has 0 aliphatic heterocycles. The largest absolute Gasteiger partial charge is 0.394 e. The third-order valence-corrected chi connectivity index (χ3v) is 0.287. The summed E-state index contributed by atoms with van der Waals surface area (Å²) in [6.07, 6.45) is 0. The second-order valence-electron chi connectivity index (χ2n) is 1.09. The average Bonchev–Trinajstić information content (AvgIpc) is 1.68. The van der Waals surface area contributed by atoms with E-state index in [1.54, 1.807) is 0 Å². The minimum atomic E-state index is -0.562. The minimum Gasteiger partial charge on any atom is -0.394 e. The van der Waals surface area contributed by atoms with Gasteiger partial charge in [0.25, 0.3) is 0 Å². The second kappa shape index (κ2) is 6.88. The zero-order valence-electron chi connectivity index (χ0n) is 5.64. The van der Waals surface area contributed by atoms with E-state index in [-0.39, 0.29) is 0 Å². The van der Waals surface area contributed by atoms with Crippen LogP contribution in [0, 0.1) is 0 Å². The summed E-state index contributed by atoms with van der Waals surface area (Å²) in [5.74, 6) is -1.12. The quantitative estimate of drug-likeness (QED) is 0.278. The summed E-state index contributed by atoms with van der Waals surface area (Å²) in [7, 11) is 0. The average molecular weight is 130 g/mol. The van der Waals surface area contributed by atoms with E-state index in [2.05, 4.69) is 17.9 Å². The molecule has 3 nitrogen and oxygen atoms in total. The number of esters is 2. The highest BCUT2D eigenvalue weighted by molar-refractivity contribution is 5.82. The fraction of sp³-hybridized carbons (Fsp3) is 0.333. The Balaban J connectivity index is 0. The van der Waals surface area contributed by atoms with Crippen molar-refractivity contribution in [1.29, 1.82) is 0 Å². The first-order valence-electron chi connectivity index (χ1n) is 2.32. The Bertz CT molecular complexity index is 94.9. The summed E-state index contributed by atoms with van der Waals surface area (Å²) in [6, 6.07) is 0. The van der Waals surface area contributed by atoms with Crippen molar-refractivity contribution in [2.24, 2.45) is 0 Å². The first kappa shape index (κ1) is 10.8. The second-order valence-corrected chi connectivity index (χ2v) is 1.09. The first-order valence-corrected chi connectivity index (χ1v) is 2.32. The molecule has 3 heteroatoms. The van der Waals surface area contributed by atoms with E-state index in [4.69, 9.17) is 0 Å². The molecule has 0 saturated heterocycles. The van der Waals surface area contributed by atoms with Gasteiger partial charge >= 0.3 is 11.9 Å².